The first-order valence-corrected chi connectivity index (χ1v) is 11.3. The molecule has 2 amide bonds. The maximum atomic E-state index is 13.3. The van der Waals surface area contributed by atoms with E-state index in [1.54, 1.807) is 11.2 Å². The predicted molar refractivity (Wildman–Crippen MR) is 96.7 cm³/mol. The Bertz CT molecular complexity index is 725. The van der Waals surface area contributed by atoms with Crippen LogP contribution in [0.1, 0.15) is 46.0 Å². The molecule has 1 atom stereocenters. The minimum atomic E-state index is -3.17. The number of nitrogens with zero attached hydrogens (tertiary/aromatic N) is 3. The van der Waals surface area contributed by atoms with Crippen LogP contribution in [0.5, 0.6) is 0 Å². The van der Waals surface area contributed by atoms with Gasteiger partial charge in [0.25, 0.3) is 0 Å². The maximum Gasteiger partial charge on any atom is 0.231 e. The molecule has 3 heterocycles. The van der Waals surface area contributed by atoms with Crippen LogP contribution in [0.25, 0.3) is 0 Å². The molecular weight excluding hydrogens is 354 g/mol. The minimum Gasteiger partial charge on any atom is -0.342 e. The highest BCUT2D eigenvalue weighted by molar-refractivity contribution is 7.90. The highest BCUT2D eigenvalue weighted by Crippen LogP contribution is 2.58. The van der Waals surface area contributed by atoms with Crippen molar-refractivity contribution in [1.82, 2.24) is 14.1 Å². The molecule has 1 unspecified atom stereocenters. The van der Waals surface area contributed by atoms with Gasteiger partial charge in [-0.15, -0.1) is 0 Å². The first kappa shape index (κ1) is 18.2. The predicted octanol–water partition coefficient (Wildman–Crippen LogP) is 0.662. The molecular formula is C18H29N3O4S. The Labute approximate surface area is 155 Å². The van der Waals surface area contributed by atoms with Gasteiger partial charge in [0.1, 0.15) is 0 Å². The van der Waals surface area contributed by atoms with E-state index in [-0.39, 0.29) is 22.5 Å². The molecule has 3 saturated heterocycles. The van der Waals surface area contributed by atoms with Gasteiger partial charge in [0.2, 0.25) is 21.8 Å². The van der Waals surface area contributed by atoms with Crippen molar-refractivity contribution in [2.75, 3.05) is 39.3 Å². The van der Waals surface area contributed by atoms with E-state index in [9.17, 15) is 18.0 Å². The molecule has 4 rings (SSSR count). The van der Waals surface area contributed by atoms with Crippen molar-refractivity contribution in [2.24, 2.45) is 10.8 Å². The lowest BCUT2D eigenvalue weighted by molar-refractivity contribution is -0.141. The monoisotopic (exact) mass is 383 g/mol. The summed E-state index contributed by atoms with van der Waals surface area (Å²) in [4.78, 5) is 29.1. The van der Waals surface area contributed by atoms with E-state index in [0.717, 1.165) is 25.8 Å². The molecule has 3 aliphatic heterocycles. The number of fused-ring (bicyclic) bond motifs is 1. The van der Waals surface area contributed by atoms with Crippen molar-refractivity contribution >= 4 is 21.8 Å². The van der Waals surface area contributed by atoms with Crippen LogP contribution in [0.15, 0.2) is 0 Å². The van der Waals surface area contributed by atoms with E-state index >= 15 is 0 Å². The Hall–Kier alpha value is -1.15. The molecule has 4 aliphatic rings. The Morgan fingerprint density at radius 2 is 1.77 bits per heavy atom. The molecule has 0 aromatic rings. The largest absolute Gasteiger partial charge is 0.342 e. The van der Waals surface area contributed by atoms with Crippen LogP contribution in [0.4, 0.5) is 0 Å². The van der Waals surface area contributed by atoms with E-state index in [4.69, 9.17) is 0 Å². The molecule has 0 N–H and O–H groups in total. The number of carbonyl (C=O) groups excluding carboxylic acids is 2. The van der Waals surface area contributed by atoms with Gasteiger partial charge >= 0.3 is 0 Å². The Morgan fingerprint density at radius 1 is 1.12 bits per heavy atom. The van der Waals surface area contributed by atoms with Crippen molar-refractivity contribution in [3.8, 4) is 0 Å². The Morgan fingerprint density at radius 3 is 2.27 bits per heavy atom. The van der Waals surface area contributed by atoms with Crippen molar-refractivity contribution in [3.63, 3.8) is 0 Å². The number of amides is 2. The zero-order chi connectivity index (χ0) is 18.7. The molecule has 7 nitrogen and oxygen atoms in total. The molecule has 146 valence electrons. The lowest BCUT2D eigenvalue weighted by Gasteiger charge is -2.46. The fourth-order valence-corrected chi connectivity index (χ4v) is 7.29. The molecule has 4 fully saturated rings. The second kappa shape index (κ2) is 5.92. The van der Waals surface area contributed by atoms with Crippen molar-refractivity contribution < 1.29 is 18.0 Å². The van der Waals surface area contributed by atoms with Crippen LogP contribution in [0.3, 0.4) is 0 Å². The van der Waals surface area contributed by atoms with Gasteiger partial charge in [0, 0.05) is 51.6 Å². The summed E-state index contributed by atoms with van der Waals surface area (Å²) in [7, 11) is -3.17. The molecule has 0 aromatic heterocycles. The quantitative estimate of drug-likeness (QED) is 0.717. The first-order chi connectivity index (χ1) is 12.3. The zero-order valence-electron chi connectivity index (χ0n) is 15.7. The number of rotatable bonds is 3. The summed E-state index contributed by atoms with van der Waals surface area (Å²) >= 11 is 0. The second-order valence-corrected chi connectivity index (χ2v) is 10.7. The smallest absolute Gasteiger partial charge is 0.231 e. The summed E-state index contributed by atoms with van der Waals surface area (Å²) in [6.07, 6.45) is 3.67. The van der Waals surface area contributed by atoms with Crippen LogP contribution >= 0.6 is 0 Å². The number of sulfonamides is 1. The fourth-order valence-electron chi connectivity index (χ4n) is 5.45. The molecule has 1 aliphatic carbocycles. The molecule has 0 bridgehead atoms. The van der Waals surface area contributed by atoms with Gasteiger partial charge in [-0.3, -0.25) is 9.59 Å². The van der Waals surface area contributed by atoms with Gasteiger partial charge < -0.3 is 9.80 Å². The van der Waals surface area contributed by atoms with Gasteiger partial charge in [-0.05, 0) is 39.0 Å². The maximum absolute atomic E-state index is 13.3. The standard InChI is InChI=1S/C18H29N3O4S/c1-3-19-9-8-18(16(19)23)13-20(14(2)22)12-17(18)6-10-21(11-7-17)26(24,25)15-4-5-15/h15H,3-13H2,1-2H3. The van der Waals surface area contributed by atoms with Crippen molar-refractivity contribution in [1.29, 1.82) is 0 Å². The van der Waals surface area contributed by atoms with Crippen LogP contribution in [-0.4, -0.2) is 78.9 Å². The normalized spacial score (nSPS) is 32.2. The number of carbonyl (C=O) groups is 2. The average Bonchev–Trinajstić information content (AvgIpc) is 3.36. The summed E-state index contributed by atoms with van der Waals surface area (Å²) in [6.45, 7) is 7.03. The third kappa shape index (κ3) is 2.44. The summed E-state index contributed by atoms with van der Waals surface area (Å²) in [5.41, 5.74) is -0.806. The van der Waals surface area contributed by atoms with Gasteiger partial charge in [-0.25, -0.2) is 12.7 Å². The zero-order valence-corrected chi connectivity index (χ0v) is 16.6. The number of piperidine rings is 1. The Kier molecular flexibility index (Phi) is 4.15. The number of likely N-dealkylation sites (tertiary alicyclic amines) is 2. The molecule has 2 spiro atoms. The number of hydrogen-bond acceptors (Lipinski definition) is 4. The third-order valence-corrected chi connectivity index (χ3v) is 9.69. The second-order valence-electron chi connectivity index (χ2n) is 8.52. The third-order valence-electron chi connectivity index (χ3n) is 7.29. The summed E-state index contributed by atoms with van der Waals surface area (Å²) < 4.78 is 26.8. The number of hydrogen-bond donors (Lipinski definition) is 0. The van der Waals surface area contributed by atoms with Gasteiger partial charge in [0.15, 0.2) is 0 Å². The first-order valence-electron chi connectivity index (χ1n) is 9.80. The van der Waals surface area contributed by atoms with Crippen LogP contribution < -0.4 is 0 Å². The van der Waals surface area contributed by atoms with E-state index in [1.165, 1.54) is 0 Å². The molecule has 0 radical (unpaired) electrons. The lowest BCUT2D eigenvalue weighted by atomic mass is 9.60. The highest BCUT2D eigenvalue weighted by atomic mass is 32.2. The molecule has 0 aromatic carbocycles. The summed E-state index contributed by atoms with van der Waals surface area (Å²) in [5.74, 6) is 0.180. The van der Waals surface area contributed by atoms with Crippen LogP contribution in [0, 0.1) is 10.8 Å². The van der Waals surface area contributed by atoms with Gasteiger partial charge in [-0.2, -0.15) is 0 Å². The van der Waals surface area contributed by atoms with Crippen molar-refractivity contribution in [2.45, 2.75) is 51.2 Å². The van der Waals surface area contributed by atoms with Crippen LogP contribution in [0.2, 0.25) is 0 Å². The molecule has 26 heavy (non-hydrogen) atoms. The lowest BCUT2D eigenvalue weighted by Crippen LogP contribution is -2.54. The highest BCUT2D eigenvalue weighted by Gasteiger charge is 2.65. The fraction of sp³-hybridized carbons (Fsp3) is 0.889. The average molecular weight is 384 g/mol. The van der Waals surface area contributed by atoms with E-state index in [2.05, 4.69) is 0 Å². The summed E-state index contributed by atoms with van der Waals surface area (Å²) in [6, 6.07) is 0. The summed E-state index contributed by atoms with van der Waals surface area (Å²) in [5, 5.41) is -0.188. The topological polar surface area (TPSA) is 78.0 Å². The van der Waals surface area contributed by atoms with Crippen molar-refractivity contribution in [3.05, 3.63) is 0 Å². The minimum absolute atomic E-state index is 0.0111. The van der Waals surface area contributed by atoms with E-state index in [1.807, 2.05) is 16.7 Å². The van der Waals surface area contributed by atoms with E-state index in [0.29, 0.717) is 45.6 Å². The Balaban J connectivity index is 1.61. The van der Waals surface area contributed by atoms with Gasteiger partial charge in [0.05, 0.1) is 10.7 Å². The van der Waals surface area contributed by atoms with Gasteiger partial charge in [-0.1, -0.05) is 0 Å². The SMILES string of the molecule is CCN1CCC2(CN(C(C)=O)CC23CCN(S(=O)(=O)C2CC2)CC3)C1=O. The molecule has 8 heteroatoms. The van der Waals surface area contributed by atoms with E-state index < -0.39 is 15.4 Å². The van der Waals surface area contributed by atoms with Crippen LogP contribution in [-0.2, 0) is 19.6 Å². The molecule has 1 saturated carbocycles.